The molecule has 1 amide bonds. The lowest BCUT2D eigenvalue weighted by Gasteiger charge is -2.32. The van der Waals surface area contributed by atoms with Crippen molar-refractivity contribution in [3.63, 3.8) is 0 Å². The van der Waals surface area contributed by atoms with Gasteiger partial charge in [0.2, 0.25) is 5.91 Å². The Morgan fingerprint density at radius 1 is 1.38 bits per heavy atom. The van der Waals surface area contributed by atoms with E-state index in [0.29, 0.717) is 25.3 Å². The number of thiophene rings is 1. The number of amides is 1. The molecule has 3 heterocycles. The molecule has 7 heteroatoms. The molecule has 0 aliphatic carbocycles. The first-order valence-corrected chi connectivity index (χ1v) is 9.85. The Labute approximate surface area is 149 Å². The molecule has 1 N–H and O–H groups in total. The first kappa shape index (κ1) is 17.1. The number of hydrogen-bond acceptors (Lipinski definition) is 5. The monoisotopic (exact) mass is 364 g/mol. The molecule has 0 bridgehead atoms. The van der Waals surface area contributed by atoms with Gasteiger partial charge in [-0.05, 0) is 36.6 Å². The van der Waals surface area contributed by atoms with Gasteiger partial charge in [-0.25, -0.2) is 4.98 Å². The predicted molar refractivity (Wildman–Crippen MR) is 95.3 cm³/mol. The molecule has 0 aromatic carbocycles. The van der Waals surface area contributed by atoms with Crippen LogP contribution in [-0.2, 0) is 16.0 Å². The van der Waals surface area contributed by atoms with Crippen molar-refractivity contribution in [1.29, 1.82) is 0 Å². The molecule has 1 aliphatic rings. The quantitative estimate of drug-likeness (QED) is 0.851. The molecule has 2 aromatic heterocycles. The lowest BCUT2D eigenvalue weighted by Crippen LogP contribution is -2.40. The minimum Gasteiger partial charge on any atom is -0.481 e. The molecular formula is C17H20N2O3S2. The van der Waals surface area contributed by atoms with Gasteiger partial charge >= 0.3 is 5.97 Å². The van der Waals surface area contributed by atoms with Crippen LogP contribution in [0.15, 0.2) is 22.9 Å². The van der Waals surface area contributed by atoms with Crippen molar-refractivity contribution in [3.8, 4) is 9.88 Å². The highest BCUT2D eigenvalue weighted by Crippen LogP contribution is 2.28. The highest BCUT2D eigenvalue weighted by molar-refractivity contribution is 7.20. The maximum Gasteiger partial charge on any atom is 0.303 e. The van der Waals surface area contributed by atoms with E-state index in [-0.39, 0.29) is 12.3 Å². The normalized spacial score (nSPS) is 17.8. The van der Waals surface area contributed by atoms with E-state index in [1.165, 1.54) is 0 Å². The van der Waals surface area contributed by atoms with E-state index < -0.39 is 5.97 Å². The summed E-state index contributed by atoms with van der Waals surface area (Å²) in [5.41, 5.74) is 0.820. The van der Waals surface area contributed by atoms with Crippen molar-refractivity contribution in [3.05, 3.63) is 28.6 Å². The van der Waals surface area contributed by atoms with Crippen molar-refractivity contribution in [1.82, 2.24) is 9.88 Å². The number of carboxylic acids is 1. The summed E-state index contributed by atoms with van der Waals surface area (Å²) in [7, 11) is 0. The number of carbonyl (C=O) groups is 2. The topological polar surface area (TPSA) is 70.5 Å². The number of thiazole rings is 1. The van der Waals surface area contributed by atoms with Crippen LogP contribution < -0.4 is 0 Å². The third-order valence-electron chi connectivity index (χ3n) is 4.25. The Bertz CT molecular complexity index is 697. The Morgan fingerprint density at radius 3 is 3.00 bits per heavy atom. The molecule has 0 unspecified atom stereocenters. The van der Waals surface area contributed by atoms with Crippen molar-refractivity contribution in [2.24, 2.45) is 5.92 Å². The molecule has 5 nitrogen and oxygen atoms in total. The maximum atomic E-state index is 12.5. The third kappa shape index (κ3) is 4.42. The van der Waals surface area contributed by atoms with Crippen molar-refractivity contribution in [2.75, 3.05) is 13.1 Å². The first-order valence-electron chi connectivity index (χ1n) is 8.09. The zero-order chi connectivity index (χ0) is 16.9. The van der Waals surface area contributed by atoms with E-state index in [2.05, 4.69) is 4.98 Å². The summed E-state index contributed by atoms with van der Waals surface area (Å²) in [6.45, 7) is 1.44. The predicted octanol–water partition coefficient (Wildman–Crippen LogP) is 3.52. The average Bonchev–Trinajstić information content (AvgIpc) is 3.24. The van der Waals surface area contributed by atoms with Crippen LogP contribution in [0.5, 0.6) is 0 Å². The number of carboxylic acid groups (broad SMARTS) is 1. The summed E-state index contributed by atoms with van der Waals surface area (Å²) in [6.07, 6.45) is 3.12. The Morgan fingerprint density at radius 2 is 2.25 bits per heavy atom. The second kappa shape index (κ2) is 7.90. The number of aromatic nitrogens is 1. The van der Waals surface area contributed by atoms with Gasteiger partial charge in [-0.1, -0.05) is 6.07 Å². The van der Waals surface area contributed by atoms with Gasteiger partial charge in [0.15, 0.2) is 0 Å². The number of rotatable bonds is 6. The van der Waals surface area contributed by atoms with Crippen LogP contribution in [0.3, 0.4) is 0 Å². The fourth-order valence-electron chi connectivity index (χ4n) is 3.02. The van der Waals surface area contributed by atoms with Crippen LogP contribution in [0.2, 0.25) is 0 Å². The maximum absolute atomic E-state index is 12.5. The van der Waals surface area contributed by atoms with Gasteiger partial charge in [0, 0.05) is 24.9 Å². The summed E-state index contributed by atoms with van der Waals surface area (Å²) < 4.78 is 0. The summed E-state index contributed by atoms with van der Waals surface area (Å²) in [5.74, 6) is -0.365. The van der Waals surface area contributed by atoms with Gasteiger partial charge in [-0.2, -0.15) is 0 Å². The van der Waals surface area contributed by atoms with Gasteiger partial charge in [0.25, 0.3) is 0 Å². The highest BCUT2D eigenvalue weighted by atomic mass is 32.1. The Hall–Kier alpha value is -1.73. The molecule has 0 spiro atoms. The molecule has 128 valence electrons. The van der Waals surface area contributed by atoms with Gasteiger partial charge in [-0.3, -0.25) is 9.59 Å². The molecule has 1 atom stereocenters. The molecular weight excluding hydrogens is 344 g/mol. The van der Waals surface area contributed by atoms with Gasteiger partial charge in [0.1, 0.15) is 5.01 Å². The van der Waals surface area contributed by atoms with Crippen LogP contribution in [-0.4, -0.2) is 40.0 Å². The molecule has 1 aliphatic heterocycles. The molecule has 2 aromatic rings. The number of hydrogen-bond donors (Lipinski definition) is 1. The van der Waals surface area contributed by atoms with E-state index in [4.69, 9.17) is 5.11 Å². The van der Waals surface area contributed by atoms with Crippen molar-refractivity contribution < 1.29 is 14.7 Å². The van der Waals surface area contributed by atoms with E-state index in [1.54, 1.807) is 22.7 Å². The first-order chi connectivity index (χ1) is 11.6. The van der Waals surface area contributed by atoms with Crippen LogP contribution in [0, 0.1) is 5.92 Å². The number of likely N-dealkylation sites (tertiary alicyclic amines) is 1. The Balaban J connectivity index is 1.55. The molecule has 24 heavy (non-hydrogen) atoms. The Kier molecular flexibility index (Phi) is 5.63. The third-order valence-corrected chi connectivity index (χ3v) is 6.18. The van der Waals surface area contributed by atoms with Crippen LogP contribution in [0.1, 0.15) is 31.4 Å². The fourth-order valence-corrected chi connectivity index (χ4v) is 4.66. The number of piperidine rings is 1. The summed E-state index contributed by atoms with van der Waals surface area (Å²) in [5, 5.41) is 13.7. The highest BCUT2D eigenvalue weighted by Gasteiger charge is 2.24. The standard InChI is InChI=1S/C17H20N2O3S2/c20-15(19-7-1-3-12(10-19)5-6-16(21)22)9-13-11-24-17(18-13)14-4-2-8-23-14/h2,4,8,11-12H,1,3,5-7,9-10H2,(H,21,22)/t12-/m1/s1. The van der Waals surface area contributed by atoms with E-state index in [1.807, 2.05) is 27.8 Å². The molecule has 1 saturated heterocycles. The second-order valence-electron chi connectivity index (χ2n) is 6.08. The molecule has 1 fully saturated rings. The van der Waals surface area contributed by atoms with Crippen LogP contribution in [0.4, 0.5) is 0 Å². The molecule has 0 saturated carbocycles. The minimum atomic E-state index is -0.762. The van der Waals surface area contributed by atoms with Gasteiger partial charge in [-0.15, -0.1) is 22.7 Å². The van der Waals surface area contributed by atoms with Gasteiger partial charge < -0.3 is 10.0 Å². The fraction of sp³-hybridized carbons (Fsp3) is 0.471. The largest absolute Gasteiger partial charge is 0.481 e. The lowest BCUT2D eigenvalue weighted by molar-refractivity contribution is -0.137. The van der Waals surface area contributed by atoms with Crippen LogP contribution >= 0.6 is 22.7 Å². The summed E-state index contributed by atoms with van der Waals surface area (Å²) in [4.78, 5) is 30.8. The lowest BCUT2D eigenvalue weighted by atomic mass is 9.93. The summed E-state index contributed by atoms with van der Waals surface area (Å²) in [6, 6.07) is 4.03. The zero-order valence-corrected chi connectivity index (χ0v) is 14.9. The summed E-state index contributed by atoms with van der Waals surface area (Å²) >= 11 is 3.22. The molecule has 0 radical (unpaired) electrons. The van der Waals surface area contributed by atoms with E-state index >= 15 is 0 Å². The van der Waals surface area contributed by atoms with Gasteiger partial charge in [0.05, 0.1) is 17.0 Å². The SMILES string of the molecule is O=C(O)CC[C@H]1CCCN(C(=O)Cc2csc(-c3cccs3)n2)C1. The number of nitrogens with zero attached hydrogens (tertiary/aromatic N) is 2. The van der Waals surface area contributed by atoms with E-state index in [9.17, 15) is 9.59 Å². The van der Waals surface area contributed by atoms with Crippen LogP contribution in [0.25, 0.3) is 9.88 Å². The number of aliphatic carboxylic acids is 1. The second-order valence-corrected chi connectivity index (χ2v) is 7.88. The average molecular weight is 364 g/mol. The van der Waals surface area contributed by atoms with Crippen molar-refractivity contribution in [2.45, 2.75) is 32.1 Å². The van der Waals surface area contributed by atoms with E-state index in [0.717, 1.165) is 35.0 Å². The van der Waals surface area contributed by atoms with Crippen molar-refractivity contribution >= 4 is 34.6 Å². The smallest absolute Gasteiger partial charge is 0.303 e. The number of carbonyl (C=O) groups excluding carboxylic acids is 1. The zero-order valence-electron chi connectivity index (χ0n) is 13.3. The molecule has 3 rings (SSSR count). The minimum absolute atomic E-state index is 0.0954.